The van der Waals surface area contributed by atoms with E-state index in [9.17, 15) is 19.8 Å². The summed E-state index contributed by atoms with van der Waals surface area (Å²) in [6, 6.07) is 15.9. The van der Waals surface area contributed by atoms with E-state index in [0.717, 1.165) is 23.1 Å². The average Bonchev–Trinajstić information content (AvgIpc) is 3.52. The van der Waals surface area contributed by atoms with E-state index in [1.165, 1.54) is 7.11 Å². The Morgan fingerprint density at radius 1 is 0.923 bits per heavy atom. The number of aliphatic carboxylic acids is 2. The Kier molecular flexibility index (Phi) is 9.45. The standard InChI is InChI=1S/C29H28O9.K/c1-3-10-35-18-6-7-19-21(12-18)27(20-8-5-17(34-2)13-23(20)36-14-25(30)31)28(29(32)33)26(19)16-4-9-22-24(11-16)38-15-37-22;/h4-9,11-13,26-28H,3,10,14-15H2,1-2H3,(H,30,31)(H,32,33);/q;+1/p-1/t26-,27+,28+;/m0./s1. The van der Waals surface area contributed by atoms with Gasteiger partial charge in [0.2, 0.25) is 6.79 Å². The average molecular weight is 559 g/mol. The van der Waals surface area contributed by atoms with Crippen LogP contribution in [0.15, 0.2) is 54.6 Å². The molecule has 5 rings (SSSR count). The number of ether oxygens (including phenoxy) is 5. The molecule has 1 heterocycles. The van der Waals surface area contributed by atoms with Crippen molar-refractivity contribution in [3.8, 4) is 28.7 Å². The summed E-state index contributed by atoms with van der Waals surface area (Å²) < 4.78 is 27.8. The Hall–Kier alpha value is -2.76. The van der Waals surface area contributed by atoms with Crippen LogP contribution in [-0.4, -0.2) is 44.2 Å². The molecule has 0 spiro atoms. The number of hydrogen-bond acceptors (Lipinski definition) is 8. The van der Waals surface area contributed by atoms with Gasteiger partial charge in [-0.25, -0.2) is 4.79 Å². The van der Waals surface area contributed by atoms with Gasteiger partial charge in [-0.3, -0.25) is 0 Å². The van der Waals surface area contributed by atoms with Crippen molar-refractivity contribution in [3.05, 3.63) is 76.9 Å². The molecule has 198 valence electrons. The first kappa shape index (κ1) is 29.2. The van der Waals surface area contributed by atoms with Gasteiger partial charge in [0.25, 0.3) is 0 Å². The smallest absolute Gasteiger partial charge is 0.550 e. The summed E-state index contributed by atoms with van der Waals surface area (Å²) in [5, 5.41) is 22.1. The Labute approximate surface area is 268 Å². The third-order valence-corrected chi connectivity index (χ3v) is 6.85. The van der Waals surface area contributed by atoms with Gasteiger partial charge in [0, 0.05) is 35.4 Å². The van der Waals surface area contributed by atoms with Crippen LogP contribution in [0.2, 0.25) is 0 Å². The molecule has 0 fully saturated rings. The molecule has 0 saturated heterocycles. The normalized spacial score (nSPS) is 18.6. The van der Waals surface area contributed by atoms with Crippen molar-refractivity contribution in [1.29, 1.82) is 0 Å². The molecule has 9 nitrogen and oxygen atoms in total. The second kappa shape index (κ2) is 12.6. The Bertz CT molecular complexity index is 1370. The second-order valence-corrected chi connectivity index (χ2v) is 9.14. The summed E-state index contributed by atoms with van der Waals surface area (Å²) in [5.41, 5.74) is 2.78. The minimum atomic E-state index is -1.25. The largest absolute Gasteiger partial charge is 1.00 e. The Morgan fingerprint density at radius 2 is 1.67 bits per heavy atom. The second-order valence-electron chi connectivity index (χ2n) is 9.14. The van der Waals surface area contributed by atoms with Gasteiger partial charge in [-0.1, -0.05) is 25.1 Å². The van der Waals surface area contributed by atoms with Gasteiger partial charge in [0.05, 0.1) is 13.7 Å². The topological polar surface area (TPSA) is 124 Å². The summed E-state index contributed by atoms with van der Waals surface area (Å²) in [4.78, 5) is 24.2. The number of benzene rings is 3. The van der Waals surface area contributed by atoms with Crippen LogP contribution in [0.25, 0.3) is 0 Å². The molecule has 0 radical (unpaired) electrons. The zero-order valence-corrected chi connectivity index (χ0v) is 25.1. The predicted octanol–water partition coefficient (Wildman–Crippen LogP) is 0.324. The van der Waals surface area contributed by atoms with E-state index in [1.807, 2.05) is 31.2 Å². The van der Waals surface area contributed by atoms with Gasteiger partial charge >= 0.3 is 57.4 Å². The third-order valence-electron chi connectivity index (χ3n) is 6.85. The van der Waals surface area contributed by atoms with E-state index < -0.39 is 36.3 Å². The number of carboxylic acid groups (broad SMARTS) is 2. The first-order valence-corrected chi connectivity index (χ1v) is 12.3. The fourth-order valence-corrected chi connectivity index (χ4v) is 5.28. The van der Waals surface area contributed by atoms with Gasteiger partial charge < -0.3 is 38.7 Å². The molecule has 2 aliphatic rings. The third kappa shape index (κ3) is 5.90. The van der Waals surface area contributed by atoms with E-state index in [2.05, 4.69) is 0 Å². The predicted molar refractivity (Wildman–Crippen MR) is 133 cm³/mol. The van der Waals surface area contributed by atoms with Crippen molar-refractivity contribution in [2.75, 3.05) is 27.1 Å². The summed E-state index contributed by atoms with van der Waals surface area (Å²) in [6.07, 6.45) is 0.813. The number of rotatable bonds is 10. The van der Waals surface area contributed by atoms with Gasteiger partial charge in [-0.05, 0) is 53.4 Å². The van der Waals surface area contributed by atoms with Crippen molar-refractivity contribution in [3.63, 3.8) is 0 Å². The van der Waals surface area contributed by atoms with Crippen molar-refractivity contribution in [1.82, 2.24) is 0 Å². The molecule has 1 aliphatic heterocycles. The summed E-state index contributed by atoms with van der Waals surface area (Å²) >= 11 is 0. The Morgan fingerprint density at radius 3 is 2.38 bits per heavy atom. The van der Waals surface area contributed by atoms with Crippen LogP contribution in [0.1, 0.15) is 47.4 Å². The minimum Gasteiger partial charge on any atom is -0.550 e. The maximum atomic E-state index is 12.9. The molecule has 0 bridgehead atoms. The molecule has 0 saturated carbocycles. The fraction of sp³-hybridized carbons (Fsp3) is 0.310. The van der Waals surface area contributed by atoms with Crippen molar-refractivity contribution < 1.29 is 94.9 Å². The molecule has 3 aromatic carbocycles. The zero-order chi connectivity index (χ0) is 26.8. The number of carboxylic acids is 2. The van der Waals surface area contributed by atoms with Crippen LogP contribution in [0.3, 0.4) is 0 Å². The zero-order valence-electron chi connectivity index (χ0n) is 22.0. The molecule has 0 amide bonds. The molecule has 0 unspecified atom stereocenters. The number of fused-ring (bicyclic) bond motifs is 2. The van der Waals surface area contributed by atoms with Gasteiger partial charge in [-0.15, -0.1) is 0 Å². The van der Waals surface area contributed by atoms with Crippen LogP contribution >= 0.6 is 0 Å². The number of hydrogen-bond donors (Lipinski definition) is 1. The van der Waals surface area contributed by atoms with E-state index in [0.29, 0.717) is 35.2 Å². The van der Waals surface area contributed by atoms with E-state index >= 15 is 0 Å². The van der Waals surface area contributed by atoms with Crippen LogP contribution in [0, 0.1) is 5.92 Å². The van der Waals surface area contributed by atoms with Crippen LogP contribution in [-0.2, 0) is 9.59 Å². The first-order valence-electron chi connectivity index (χ1n) is 12.3. The van der Waals surface area contributed by atoms with Crippen LogP contribution < -0.4 is 80.2 Å². The summed E-state index contributed by atoms with van der Waals surface area (Å²) in [7, 11) is 1.48. The molecule has 10 heteroatoms. The molecular formula is C29H27KO9. The Balaban J connectivity index is 0.00000353. The van der Waals surface area contributed by atoms with Gasteiger partial charge in [-0.2, -0.15) is 0 Å². The number of methoxy groups -OCH3 is 1. The first-order chi connectivity index (χ1) is 18.4. The van der Waals surface area contributed by atoms with E-state index in [-0.39, 0.29) is 63.9 Å². The molecule has 1 aliphatic carbocycles. The number of carbonyl (C=O) groups is 2. The minimum absolute atomic E-state index is 0. The summed E-state index contributed by atoms with van der Waals surface area (Å²) in [5.74, 6) is -2.31. The molecule has 0 aromatic heterocycles. The molecular weight excluding hydrogens is 531 g/mol. The van der Waals surface area contributed by atoms with Gasteiger partial charge in [0.1, 0.15) is 17.2 Å². The van der Waals surface area contributed by atoms with Crippen molar-refractivity contribution >= 4 is 11.9 Å². The van der Waals surface area contributed by atoms with E-state index in [1.54, 1.807) is 30.3 Å². The van der Waals surface area contributed by atoms with E-state index in [4.69, 9.17) is 23.7 Å². The maximum Gasteiger partial charge on any atom is 1.00 e. The monoisotopic (exact) mass is 558 g/mol. The molecule has 3 aromatic rings. The van der Waals surface area contributed by atoms with Crippen molar-refractivity contribution in [2.24, 2.45) is 5.92 Å². The summed E-state index contributed by atoms with van der Waals surface area (Å²) in [6.45, 7) is 2.01. The molecule has 39 heavy (non-hydrogen) atoms. The molecule has 1 N–H and O–H groups in total. The van der Waals surface area contributed by atoms with Crippen molar-refractivity contribution in [2.45, 2.75) is 25.2 Å². The fourth-order valence-electron chi connectivity index (χ4n) is 5.28. The maximum absolute atomic E-state index is 12.9. The van der Waals surface area contributed by atoms with Gasteiger partial charge in [0.15, 0.2) is 18.1 Å². The molecule has 3 atom stereocenters. The SMILES string of the molecule is CCCOc1ccc2c(c1)[C@@H](c1ccc(OC)cc1OCC(=O)O)[C@H](C(=O)[O-])[C@H]2c1ccc2c(c1)OCO2.[K+]. The number of carbonyl (C=O) groups excluding carboxylic acids is 1. The quantitative estimate of drug-likeness (QED) is 0.351. The van der Waals surface area contributed by atoms with Crippen LogP contribution in [0.5, 0.6) is 28.7 Å². The van der Waals surface area contributed by atoms with Crippen LogP contribution in [0.4, 0.5) is 0 Å².